The van der Waals surface area contributed by atoms with Gasteiger partial charge in [0.2, 0.25) is 0 Å². The second-order valence-corrected chi connectivity index (χ2v) is 4.66. The first-order chi connectivity index (χ1) is 9.49. The molecule has 20 heavy (non-hydrogen) atoms. The summed E-state index contributed by atoms with van der Waals surface area (Å²) in [5.74, 6) is -0.265. The van der Waals surface area contributed by atoms with E-state index in [9.17, 15) is 9.18 Å². The fourth-order valence-corrected chi connectivity index (χ4v) is 1.90. The molecule has 2 rings (SSSR count). The number of nitrogens with zero attached hydrogens (tertiary/aromatic N) is 3. The first-order valence-electron chi connectivity index (χ1n) is 6.27. The van der Waals surface area contributed by atoms with E-state index in [4.69, 9.17) is 0 Å². The molecule has 0 unspecified atom stereocenters. The monoisotopic (exact) mass is 273 g/mol. The molecule has 0 bridgehead atoms. The van der Waals surface area contributed by atoms with Gasteiger partial charge in [0.05, 0.1) is 24.3 Å². The largest absolute Gasteiger partial charge is 0.302 e. The molecule has 0 aliphatic carbocycles. The summed E-state index contributed by atoms with van der Waals surface area (Å²) in [5.41, 5.74) is 2.72. The van der Waals surface area contributed by atoms with Gasteiger partial charge >= 0.3 is 0 Å². The van der Waals surface area contributed by atoms with Crippen molar-refractivity contribution in [2.45, 2.75) is 20.4 Å². The molecular formula is C15H16FN3O. The SMILES string of the molecule is CC(=NCc1ccc(F)cc1)c1ncn(C)c(=O)c1C. The van der Waals surface area contributed by atoms with Crippen LogP contribution in [0.1, 0.15) is 23.7 Å². The minimum atomic E-state index is -0.265. The lowest BCUT2D eigenvalue weighted by Gasteiger charge is -2.06. The molecule has 0 aliphatic rings. The zero-order valence-electron chi connectivity index (χ0n) is 11.7. The molecule has 4 nitrogen and oxygen atoms in total. The van der Waals surface area contributed by atoms with Crippen molar-refractivity contribution in [2.24, 2.45) is 12.0 Å². The molecule has 0 amide bonds. The Morgan fingerprint density at radius 1 is 1.35 bits per heavy atom. The van der Waals surface area contributed by atoms with Gasteiger partial charge in [0.1, 0.15) is 5.82 Å². The van der Waals surface area contributed by atoms with Gasteiger partial charge in [-0.3, -0.25) is 9.79 Å². The van der Waals surface area contributed by atoms with Crippen molar-refractivity contribution in [3.05, 3.63) is 63.6 Å². The number of rotatable bonds is 3. The van der Waals surface area contributed by atoms with Gasteiger partial charge in [-0.2, -0.15) is 0 Å². The Morgan fingerprint density at radius 2 is 2.00 bits per heavy atom. The van der Waals surface area contributed by atoms with Crippen LogP contribution in [-0.4, -0.2) is 15.3 Å². The summed E-state index contributed by atoms with van der Waals surface area (Å²) < 4.78 is 14.2. The summed E-state index contributed by atoms with van der Waals surface area (Å²) in [4.78, 5) is 20.5. The predicted octanol–water partition coefficient (Wildman–Crippen LogP) is 2.24. The summed E-state index contributed by atoms with van der Waals surface area (Å²) in [6, 6.07) is 6.19. The number of halogens is 1. The van der Waals surface area contributed by atoms with E-state index in [1.54, 1.807) is 26.1 Å². The molecule has 0 radical (unpaired) electrons. The van der Waals surface area contributed by atoms with Crippen LogP contribution >= 0.6 is 0 Å². The summed E-state index contributed by atoms with van der Waals surface area (Å²) in [6.45, 7) is 3.99. The number of hydrogen-bond acceptors (Lipinski definition) is 3. The molecule has 2 aromatic rings. The number of aromatic nitrogens is 2. The number of hydrogen-bond donors (Lipinski definition) is 0. The van der Waals surface area contributed by atoms with E-state index in [1.165, 1.54) is 23.0 Å². The summed E-state index contributed by atoms with van der Waals surface area (Å²) in [7, 11) is 1.66. The van der Waals surface area contributed by atoms with Crippen molar-refractivity contribution < 1.29 is 4.39 Å². The van der Waals surface area contributed by atoms with Crippen LogP contribution in [0.5, 0.6) is 0 Å². The smallest absolute Gasteiger partial charge is 0.256 e. The molecule has 0 spiro atoms. The minimum absolute atomic E-state index is 0.0775. The van der Waals surface area contributed by atoms with Crippen LogP contribution in [0.3, 0.4) is 0 Å². The van der Waals surface area contributed by atoms with Crippen molar-refractivity contribution in [3.8, 4) is 0 Å². The molecule has 0 aliphatic heterocycles. The lowest BCUT2D eigenvalue weighted by Crippen LogP contribution is -2.23. The predicted molar refractivity (Wildman–Crippen MR) is 76.5 cm³/mol. The van der Waals surface area contributed by atoms with Gasteiger partial charge in [0.25, 0.3) is 5.56 Å². The molecule has 0 fully saturated rings. The van der Waals surface area contributed by atoms with Crippen LogP contribution in [0.2, 0.25) is 0 Å². The van der Waals surface area contributed by atoms with E-state index in [0.717, 1.165) is 5.56 Å². The van der Waals surface area contributed by atoms with E-state index in [1.807, 2.05) is 6.92 Å². The van der Waals surface area contributed by atoms with Crippen LogP contribution in [-0.2, 0) is 13.6 Å². The zero-order chi connectivity index (χ0) is 14.7. The van der Waals surface area contributed by atoms with Crippen molar-refractivity contribution >= 4 is 5.71 Å². The van der Waals surface area contributed by atoms with Crippen LogP contribution < -0.4 is 5.56 Å². The minimum Gasteiger partial charge on any atom is -0.302 e. The Hall–Kier alpha value is -2.30. The van der Waals surface area contributed by atoms with E-state index in [-0.39, 0.29) is 11.4 Å². The van der Waals surface area contributed by atoms with Gasteiger partial charge in [-0.05, 0) is 31.5 Å². The lowest BCUT2D eigenvalue weighted by molar-refractivity contribution is 0.627. The van der Waals surface area contributed by atoms with Gasteiger partial charge in [0, 0.05) is 12.6 Å². The van der Waals surface area contributed by atoms with Crippen LogP contribution in [0.25, 0.3) is 0 Å². The standard InChI is InChI=1S/C15H16FN3O/c1-10-14(18-9-19(3)15(10)20)11(2)17-8-12-4-6-13(16)7-5-12/h4-7,9H,8H2,1-3H3. The Bertz CT molecular complexity index is 702. The maximum atomic E-state index is 12.8. The first-order valence-corrected chi connectivity index (χ1v) is 6.27. The molecule has 1 aromatic carbocycles. The topological polar surface area (TPSA) is 47.2 Å². The van der Waals surface area contributed by atoms with Crippen LogP contribution in [0.15, 0.2) is 40.4 Å². The molecule has 1 aromatic heterocycles. The number of benzene rings is 1. The second-order valence-electron chi connectivity index (χ2n) is 4.66. The average Bonchev–Trinajstić information content (AvgIpc) is 2.44. The quantitative estimate of drug-likeness (QED) is 0.805. The van der Waals surface area contributed by atoms with Gasteiger partial charge in [-0.1, -0.05) is 12.1 Å². The Labute approximate surface area is 116 Å². The highest BCUT2D eigenvalue weighted by Gasteiger charge is 2.08. The van der Waals surface area contributed by atoms with Crippen LogP contribution in [0.4, 0.5) is 4.39 Å². The highest BCUT2D eigenvalue weighted by Crippen LogP contribution is 2.06. The summed E-state index contributed by atoms with van der Waals surface area (Å²) in [5, 5.41) is 0. The molecule has 0 N–H and O–H groups in total. The fraction of sp³-hybridized carbons (Fsp3) is 0.267. The van der Waals surface area contributed by atoms with Crippen molar-refractivity contribution in [1.82, 2.24) is 9.55 Å². The number of aryl methyl sites for hydroxylation is 1. The first kappa shape index (κ1) is 14.1. The van der Waals surface area contributed by atoms with E-state index < -0.39 is 0 Å². The van der Waals surface area contributed by atoms with E-state index in [2.05, 4.69) is 9.98 Å². The maximum absolute atomic E-state index is 12.8. The van der Waals surface area contributed by atoms with Crippen molar-refractivity contribution in [3.63, 3.8) is 0 Å². The van der Waals surface area contributed by atoms with Crippen molar-refractivity contribution in [2.75, 3.05) is 0 Å². The molecule has 0 saturated carbocycles. The normalized spacial score (nSPS) is 11.7. The zero-order valence-corrected chi connectivity index (χ0v) is 11.7. The molecular weight excluding hydrogens is 257 g/mol. The van der Waals surface area contributed by atoms with Crippen molar-refractivity contribution in [1.29, 1.82) is 0 Å². The molecule has 104 valence electrons. The maximum Gasteiger partial charge on any atom is 0.256 e. The fourth-order valence-electron chi connectivity index (χ4n) is 1.90. The molecule has 0 saturated heterocycles. The highest BCUT2D eigenvalue weighted by atomic mass is 19.1. The van der Waals surface area contributed by atoms with Gasteiger partial charge in [-0.15, -0.1) is 0 Å². The lowest BCUT2D eigenvalue weighted by atomic mass is 10.1. The summed E-state index contributed by atoms with van der Waals surface area (Å²) in [6.07, 6.45) is 1.49. The molecule has 5 heteroatoms. The number of aliphatic imine (C=N–C) groups is 1. The molecule has 0 atom stereocenters. The van der Waals surface area contributed by atoms with Gasteiger partial charge < -0.3 is 4.57 Å². The Kier molecular flexibility index (Phi) is 4.08. The highest BCUT2D eigenvalue weighted by molar-refractivity contribution is 5.97. The third kappa shape index (κ3) is 2.99. The molecule has 1 heterocycles. The Balaban J connectivity index is 2.25. The average molecular weight is 273 g/mol. The van der Waals surface area contributed by atoms with Gasteiger partial charge in [-0.25, -0.2) is 9.37 Å². The van der Waals surface area contributed by atoms with Gasteiger partial charge in [0.15, 0.2) is 0 Å². The summed E-state index contributed by atoms with van der Waals surface area (Å²) >= 11 is 0. The second kappa shape index (κ2) is 5.77. The third-order valence-electron chi connectivity index (χ3n) is 3.11. The Morgan fingerprint density at radius 3 is 2.65 bits per heavy atom. The van der Waals surface area contributed by atoms with E-state index >= 15 is 0 Å². The third-order valence-corrected chi connectivity index (χ3v) is 3.11. The van der Waals surface area contributed by atoms with Crippen LogP contribution in [0, 0.1) is 12.7 Å². The van der Waals surface area contributed by atoms with E-state index in [0.29, 0.717) is 23.5 Å².